The molecule has 0 atom stereocenters. The van der Waals surface area contributed by atoms with Gasteiger partial charge in [0.15, 0.2) is 0 Å². The predicted molar refractivity (Wildman–Crippen MR) is 61.3 cm³/mol. The van der Waals surface area contributed by atoms with Crippen LogP contribution < -0.4 is 5.73 Å². The molecule has 0 amide bonds. The number of hydrogen-bond acceptors (Lipinski definition) is 3. The Hall–Kier alpha value is -1.90. The van der Waals surface area contributed by atoms with Crippen molar-refractivity contribution in [3.05, 3.63) is 42.2 Å². The van der Waals surface area contributed by atoms with Crippen molar-refractivity contribution in [1.29, 1.82) is 0 Å². The standard InChI is InChI=1S/C12H13N3/c1-2-9-3-5-10(6-4-9)11-12(13)15-8-7-14-11/h3-8H,2H2,1H3,(H2,13,15). The van der Waals surface area contributed by atoms with Gasteiger partial charge in [0, 0.05) is 18.0 Å². The monoisotopic (exact) mass is 199 g/mol. The Kier molecular flexibility index (Phi) is 2.63. The number of nitrogen functional groups attached to an aromatic ring is 1. The van der Waals surface area contributed by atoms with Crippen LogP contribution in [-0.4, -0.2) is 9.97 Å². The van der Waals surface area contributed by atoms with Crippen LogP contribution in [0.5, 0.6) is 0 Å². The van der Waals surface area contributed by atoms with E-state index in [0.29, 0.717) is 5.82 Å². The molecule has 0 radical (unpaired) electrons. The molecule has 0 spiro atoms. The number of nitrogens with two attached hydrogens (primary N) is 1. The molecule has 0 aliphatic rings. The first-order valence-electron chi connectivity index (χ1n) is 4.97. The van der Waals surface area contributed by atoms with Crippen molar-refractivity contribution >= 4 is 5.82 Å². The molecule has 2 aromatic rings. The summed E-state index contributed by atoms with van der Waals surface area (Å²) >= 11 is 0. The van der Waals surface area contributed by atoms with Gasteiger partial charge in [0.05, 0.1) is 0 Å². The van der Waals surface area contributed by atoms with E-state index < -0.39 is 0 Å². The van der Waals surface area contributed by atoms with Gasteiger partial charge in [-0.1, -0.05) is 31.2 Å². The summed E-state index contributed by atoms with van der Waals surface area (Å²) in [5.41, 5.74) is 8.82. The third-order valence-electron chi connectivity index (χ3n) is 2.36. The molecule has 0 bridgehead atoms. The fraction of sp³-hybridized carbons (Fsp3) is 0.167. The van der Waals surface area contributed by atoms with Gasteiger partial charge >= 0.3 is 0 Å². The minimum Gasteiger partial charge on any atom is -0.382 e. The van der Waals surface area contributed by atoms with Crippen LogP contribution >= 0.6 is 0 Å². The highest BCUT2D eigenvalue weighted by atomic mass is 14.9. The van der Waals surface area contributed by atoms with Gasteiger partial charge in [0.2, 0.25) is 0 Å². The molecule has 76 valence electrons. The molecule has 15 heavy (non-hydrogen) atoms. The van der Waals surface area contributed by atoms with Crippen LogP contribution in [0.1, 0.15) is 12.5 Å². The van der Waals surface area contributed by atoms with Gasteiger partial charge in [-0.2, -0.15) is 0 Å². The van der Waals surface area contributed by atoms with Gasteiger partial charge in [-0.15, -0.1) is 0 Å². The first-order valence-corrected chi connectivity index (χ1v) is 4.97. The van der Waals surface area contributed by atoms with Crippen molar-refractivity contribution in [3.63, 3.8) is 0 Å². The van der Waals surface area contributed by atoms with Gasteiger partial charge in [-0.25, -0.2) is 4.98 Å². The lowest BCUT2D eigenvalue weighted by molar-refractivity contribution is 1.14. The van der Waals surface area contributed by atoms with E-state index in [0.717, 1.165) is 17.7 Å². The van der Waals surface area contributed by atoms with Gasteiger partial charge in [0.25, 0.3) is 0 Å². The van der Waals surface area contributed by atoms with Gasteiger partial charge in [0.1, 0.15) is 11.5 Å². The smallest absolute Gasteiger partial charge is 0.149 e. The largest absolute Gasteiger partial charge is 0.382 e. The van der Waals surface area contributed by atoms with Crippen LogP contribution in [0.25, 0.3) is 11.3 Å². The van der Waals surface area contributed by atoms with Gasteiger partial charge < -0.3 is 5.73 Å². The molecule has 0 fully saturated rings. The molecule has 2 rings (SSSR count). The predicted octanol–water partition coefficient (Wildman–Crippen LogP) is 2.29. The van der Waals surface area contributed by atoms with Crippen LogP contribution in [0.4, 0.5) is 5.82 Å². The lowest BCUT2D eigenvalue weighted by Gasteiger charge is -2.03. The van der Waals surface area contributed by atoms with E-state index in [1.807, 2.05) is 12.1 Å². The fourth-order valence-electron chi connectivity index (χ4n) is 1.47. The molecule has 1 heterocycles. The molecule has 2 N–H and O–H groups in total. The number of benzene rings is 1. The molecule has 3 heteroatoms. The van der Waals surface area contributed by atoms with Crippen LogP contribution in [0.2, 0.25) is 0 Å². The summed E-state index contributed by atoms with van der Waals surface area (Å²) in [6, 6.07) is 8.23. The SMILES string of the molecule is CCc1ccc(-c2nccnc2N)cc1. The fourth-order valence-corrected chi connectivity index (χ4v) is 1.47. The highest BCUT2D eigenvalue weighted by molar-refractivity contribution is 5.69. The zero-order valence-corrected chi connectivity index (χ0v) is 8.64. The van der Waals surface area contributed by atoms with Gasteiger partial charge in [-0.3, -0.25) is 4.98 Å². The first kappa shape index (κ1) is 9.65. The Balaban J connectivity index is 2.42. The summed E-state index contributed by atoms with van der Waals surface area (Å²) in [6.45, 7) is 2.13. The van der Waals surface area contributed by atoms with E-state index >= 15 is 0 Å². The van der Waals surface area contributed by atoms with Crippen molar-refractivity contribution in [2.75, 3.05) is 5.73 Å². The Bertz CT molecular complexity index is 449. The van der Waals surface area contributed by atoms with E-state index in [1.165, 1.54) is 5.56 Å². The van der Waals surface area contributed by atoms with E-state index in [1.54, 1.807) is 12.4 Å². The van der Waals surface area contributed by atoms with Crippen molar-refractivity contribution < 1.29 is 0 Å². The quantitative estimate of drug-likeness (QED) is 0.807. The van der Waals surface area contributed by atoms with Gasteiger partial charge in [-0.05, 0) is 12.0 Å². The molecule has 1 aromatic heterocycles. The zero-order chi connectivity index (χ0) is 10.7. The average molecular weight is 199 g/mol. The summed E-state index contributed by atoms with van der Waals surface area (Å²) < 4.78 is 0. The second-order valence-corrected chi connectivity index (χ2v) is 3.34. The van der Waals surface area contributed by atoms with Crippen LogP contribution in [-0.2, 0) is 6.42 Å². The first-order chi connectivity index (χ1) is 7.31. The third-order valence-corrected chi connectivity index (χ3v) is 2.36. The average Bonchev–Trinajstić information content (AvgIpc) is 2.30. The number of aryl methyl sites for hydroxylation is 1. The normalized spacial score (nSPS) is 10.2. The topological polar surface area (TPSA) is 51.8 Å². The van der Waals surface area contributed by atoms with Crippen LogP contribution in [0.15, 0.2) is 36.7 Å². The zero-order valence-electron chi connectivity index (χ0n) is 8.64. The second kappa shape index (κ2) is 4.09. The Morgan fingerprint density at radius 3 is 2.33 bits per heavy atom. The van der Waals surface area contributed by atoms with Crippen LogP contribution in [0, 0.1) is 0 Å². The van der Waals surface area contributed by atoms with Crippen molar-refractivity contribution in [2.45, 2.75) is 13.3 Å². The number of aromatic nitrogens is 2. The van der Waals surface area contributed by atoms with E-state index in [4.69, 9.17) is 5.73 Å². The molecule has 0 aliphatic heterocycles. The lowest BCUT2D eigenvalue weighted by Crippen LogP contribution is -1.95. The molecule has 0 saturated heterocycles. The maximum absolute atomic E-state index is 5.75. The van der Waals surface area contributed by atoms with E-state index in [9.17, 15) is 0 Å². The Morgan fingerprint density at radius 2 is 1.73 bits per heavy atom. The molecular weight excluding hydrogens is 186 g/mol. The molecule has 1 aromatic carbocycles. The Labute approximate surface area is 89.0 Å². The summed E-state index contributed by atoms with van der Waals surface area (Å²) in [5, 5.41) is 0. The lowest BCUT2D eigenvalue weighted by atomic mass is 10.1. The van der Waals surface area contributed by atoms with E-state index in [-0.39, 0.29) is 0 Å². The number of anilines is 1. The van der Waals surface area contributed by atoms with E-state index in [2.05, 4.69) is 29.0 Å². The summed E-state index contributed by atoms with van der Waals surface area (Å²) in [4.78, 5) is 8.23. The summed E-state index contributed by atoms with van der Waals surface area (Å²) in [5.74, 6) is 0.474. The molecule has 0 saturated carbocycles. The summed E-state index contributed by atoms with van der Waals surface area (Å²) in [7, 11) is 0. The number of nitrogens with zero attached hydrogens (tertiary/aromatic N) is 2. The molecule has 0 unspecified atom stereocenters. The minimum absolute atomic E-state index is 0.474. The molecule has 3 nitrogen and oxygen atoms in total. The highest BCUT2D eigenvalue weighted by Gasteiger charge is 2.03. The van der Waals surface area contributed by atoms with Crippen molar-refractivity contribution in [1.82, 2.24) is 9.97 Å². The number of rotatable bonds is 2. The third kappa shape index (κ3) is 1.96. The molecule has 0 aliphatic carbocycles. The second-order valence-electron chi connectivity index (χ2n) is 3.34. The maximum atomic E-state index is 5.75. The highest BCUT2D eigenvalue weighted by Crippen LogP contribution is 2.21. The summed E-state index contributed by atoms with van der Waals surface area (Å²) in [6.07, 6.45) is 4.29. The van der Waals surface area contributed by atoms with Crippen molar-refractivity contribution in [3.8, 4) is 11.3 Å². The Morgan fingerprint density at radius 1 is 1.07 bits per heavy atom. The maximum Gasteiger partial charge on any atom is 0.149 e. The van der Waals surface area contributed by atoms with Crippen LogP contribution in [0.3, 0.4) is 0 Å². The minimum atomic E-state index is 0.474. The van der Waals surface area contributed by atoms with Crippen molar-refractivity contribution in [2.24, 2.45) is 0 Å². The molecular formula is C12H13N3. The number of hydrogen-bond donors (Lipinski definition) is 1.